The van der Waals surface area contributed by atoms with E-state index < -0.39 is 14.8 Å². The molecule has 0 bridgehead atoms. The van der Waals surface area contributed by atoms with Crippen LogP contribution in [-0.4, -0.2) is 19.1 Å². The first kappa shape index (κ1) is 21.6. The van der Waals surface area contributed by atoms with E-state index >= 15 is 0 Å². The maximum atomic E-state index is 12.7. The van der Waals surface area contributed by atoms with E-state index in [1.54, 1.807) is 52.2 Å². The third kappa shape index (κ3) is 4.57. The van der Waals surface area contributed by atoms with Crippen LogP contribution in [0.15, 0.2) is 59.2 Å². The molecule has 0 fully saturated rings. The Balaban J connectivity index is 1.77. The van der Waals surface area contributed by atoms with Crippen LogP contribution in [0, 0.1) is 13.8 Å². The van der Waals surface area contributed by atoms with Crippen molar-refractivity contribution in [2.45, 2.75) is 39.4 Å². The molecular weight excluding hydrogens is 400 g/mol. The third-order valence-electron chi connectivity index (χ3n) is 4.82. The fourth-order valence-corrected chi connectivity index (χ4v) is 3.64. The van der Waals surface area contributed by atoms with E-state index in [4.69, 9.17) is 4.42 Å². The van der Waals surface area contributed by atoms with Gasteiger partial charge in [-0.05, 0) is 94.3 Å². The van der Waals surface area contributed by atoms with Crippen LogP contribution in [0.1, 0.15) is 42.3 Å². The van der Waals surface area contributed by atoms with E-state index in [1.807, 2.05) is 37.3 Å². The van der Waals surface area contributed by atoms with Crippen molar-refractivity contribution in [3.8, 4) is 11.3 Å². The van der Waals surface area contributed by atoms with Crippen LogP contribution in [0.3, 0.4) is 0 Å². The van der Waals surface area contributed by atoms with Crippen LogP contribution in [0.5, 0.6) is 0 Å². The van der Waals surface area contributed by atoms with Gasteiger partial charge in [0.2, 0.25) is 10.0 Å². The molecule has 0 spiro atoms. The van der Waals surface area contributed by atoms with Crippen molar-refractivity contribution in [2.24, 2.45) is 0 Å². The zero-order valence-electron chi connectivity index (χ0n) is 17.7. The van der Waals surface area contributed by atoms with Crippen molar-refractivity contribution in [3.63, 3.8) is 0 Å². The lowest BCUT2D eigenvalue weighted by atomic mass is 10.1. The van der Waals surface area contributed by atoms with Crippen LogP contribution in [0.25, 0.3) is 11.3 Å². The maximum absolute atomic E-state index is 12.7. The molecule has 2 aromatic carbocycles. The zero-order valence-corrected chi connectivity index (χ0v) is 18.6. The number of hydrogen-bond donors (Lipinski definition) is 2. The van der Waals surface area contributed by atoms with Crippen LogP contribution < -0.4 is 10.0 Å². The Labute approximate surface area is 177 Å². The normalized spacial score (nSPS) is 11.9. The second-order valence-electron chi connectivity index (χ2n) is 8.21. The Morgan fingerprint density at radius 3 is 2.17 bits per heavy atom. The van der Waals surface area contributed by atoms with E-state index in [2.05, 4.69) is 10.0 Å². The number of carbonyl (C=O) groups excluding carboxylic acids is 1. The average molecular weight is 427 g/mol. The summed E-state index contributed by atoms with van der Waals surface area (Å²) in [6.45, 7) is 8.57. The molecule has 158 valence electrons. The molecule has 7 heteroatoms. The van der Waals surface area contributed by atoms with Gasteiger partial charge in [-0.3, -0.25) is 9.52 Å². The Morgan fingerprint density at radius 1 is 0.933 bits per heavy atom. The van der Waals surface area contributed by atoms with Gasteiger partial charge in [-0.1, -0.05) is 0 Å². The highest BCUT2D eigenvalue weighted by Gasteiger charge is 2.29. The summed E-state index contributed by atoms with van der Waals surface area (Å²) < 4.78 is 31.8. The molecule has 0 saturated heterocycles. The number of rotatable bonds is 5. The monoisotopic (exact) mass is 426 g/mol. The largest absolute Gasteiger partial charge is 0.464 e. The molecule has 1 aromatic heterocycles. The van der Waals surface area contributed by atoms with Gasteiger partial charge < -0.3 is 9.73 Å². The fourth-order valence-electron chi connectivity index (χ4n) is 2.81. The summed E-state index contributed by atoms with van der Waals surface area (Å²) >= 11 is 0. The molecule has 0 saturated carbocycles. The summed E-state index contributed by atoms with van der Waals surface area (Å²) in [5.74, 6) is 0.497. The standard InChI is InChI=1S/C23H26N2O4S/c1-15-13-17(21-7-6-12-29-21)8-10-19(15)24-22(26)18-9-11-20(16(2)14-18)25-30(27,28)23(3,4)5/h6-14,25H,1-5H3,(H,24,26). The predicted molar refractivity (Wildman–Crippen MR) is 120 cm³/mol. The number of aryl methyl sites for hydroxylation is 2. The van der Waals surface area contributed by atoms with Gasteiger partial charge in [0.15, 0.2) is 0 Å². The molecule has 0 aliphatic carbocycles. The molecule has 1 heterocycles. The molecule has 2 N–H and O–H groups in total. The van der Waals surface area contributed by atoms with E-state index in [-0.39, 0.29) is 5.91 Å². The Bertz CT molecular complexity index is 1170. The smallest absolute Gasteiger partial charge is 0.255 e. The summed E-state index contributed by atoms with van der Waals surface area (Å²) in [5.41, 5.74) is 4.11. The van der Waals surface area contributed by atoms with Gasteiger partial charge in [-0.2, -0.15) is 0 Å². The summed E-state index contributed by atoms with van der Waals surface area (Å²) in [4.78, 5) is 12.7. The van der Waals surface area contributed by atoms with Gasteiger partial charge in [0.1, 0.15) is 5.76 Å². The Hall–Kier alpha value is -3.06. The molecule has 0 unspecified atom stereocenters. The number of nitrogens with one attached hydrogen (secondary N) is 2. The van der Waals surface area contributed by atoms with E-state index in [0.717, 1.165) is 16.9 Å². The number of hydrogen-bond acceptors (Lipinski definition) is 4. The average Bonchev–Trinajstić information content (AvgIpc) is 3.18. The summed E-state index contributed by atoms with van der Waals surface area (Å²) in [6, 6.07) is 14.3. The van der Waals surface area contributed by atoms with Crippen molar-refractivity contribution in [1.29, 1.82) is 0 Å². The van der Waals surface area contributed by atoms with Gasteiger partial charge in [0.25, 0.3) is 5.91 Å². The number of sulfonamides is 1. The lowest BCUT2D eigenvalue weighted by Crippen LogP contribution is -2.33. The van der Waals surface area contributed by atoms with E-state index in [1.165, 1.54) is 0 Å². The van der Waals surface area contributed by atoms with Crippen molar-refractivity contribution in [1.82, 2.24) is 0 Å². The van der Waals surface area contributed by atoms with Gasteiger partial charge in [-0.15, -0.1) is 0 Å². The highest BCUT2D eigenvalue weighted by molar-refractivity contribution is 7.94. The van der Waals surface area contributed by atoms with Crippen molar-refractivity contribution >= 4 is 27.3 Å². The molecule has 3 rings (SSSR count). The van der Waals surface area contributed by atoms with Crippen LogP contribution in [-0.2, 0) is 10.0 Å². The van der Waals surface area contributed by atoms with Gasteiger partial charge in [0, 0.05) is 16.8 Å². The van der Waals surface area contributed by atoms with Gasteiger partial charge in [-0.25, -0.2) is 8.42 Å². The molecule has 0 aliphatic heterocycles. The second-order valence-corrected chi connectivity index (χ2v) is 10.6. The molecule has 1 amide bonds. The van der Waals surface area contributed by atoms with E-state index in [9.17, 15) is 13.2 Å². The molecule has 0 atom stereocenters. The number of furan rings is 1. The minimum Gasteiger partial charge on any atom is -0.464 e. The Kier molecular flexibility index (Phi) is 5.76. The number of benzene rings is 2. The lowest BCUT2D eigenvalue weighted by molar-refractivity contribution is 0.102. The first-order valence-corrected chi connectivity index (χ1v) is 11.1. The lowest BCUT2D eigenvalue weighted by Gasteiger charge is -2.21. The Morgan fingerprint density at radius 2 is 1.60 bits per heavy atom. The minimum atomic E-state index is -3.54. The van der Waals surface area contributed by atoms with Crippen molar-refractivity contribution in [3.05, 3.63) is 71.5 Å². The van der Waals surface area contributed by atoms with Gasteiger partial charge >= 0.3 is 0 Å². The molecule has 30 heavy (non-hydrogen) atoms. The second kappa shape index (κ2) is 7.99. The van der Waals surface area contributed by atoms with Crippen LogP contribution in [0.2, 0.25) is 0 Å². The molecule has 6 nitrogen and oxygen atoms in total. The summed E-state index contributed by atoms with van der Waals surface area (Å²) in [6.07, 6.45) is 1.62. The minimum absolute atomic E-state index is 0.267. The molecular formula is C23H26N2O4S. The van der Waals surface area contributed by atoms with Gasteiger partial charge in [0.05, 0.1) is 16.7 Å². The molecule has 0 radical (unpaired) electrons. The molecule has 3 aromatic rings. The first-order chi connectivity index (χ1) is 14.0. The zero-order chi connectivity index (χ0) is 22.1. The third-order valence-corrected chi connectivity index (χ3v) is 6.92. The quantitative estimate of drug-likeness (QED) is 0.575. The predicted octanol–water partition coefficient (Wildman–Crippen LogP) is 5.36. The van der Waals surface area contributed by atoms with Crippen LogP contribution in [0.4, 0.5) is 11.4 Å². The summed E-state index contributed by atoms with van der Waals surface area (Å²) in [7, 11) is -3.54. The topological polar surface area (TPSA) is 88.4 Å². The number of amides is 1. The highest BCUT2D eigenvalue weighted by atomic mass is 32.2. The number of anilines is 2. The van der Waals surface area contributed by atoms with E-state index in [0.29, 0.717) is 22.5 Å². The fraction of sp³-hybridized carbons (Fsp3) is 0.261. The maximum Gasteiger partial charge on any atom is 0.255 e. The first-order valence-electron chi connectivity index (χ1n) is 9.57. The van der Waals surface area contributed by atoms with Crippen molar-refractivity contribution < 1.29 is 17.6 Å². The van der Waals surface area contributed by atoms with Crippen molar-refractivity contribution in [2.75, 3.05) is 10.0 Å². The highest BCUT2D eigenvalue weighted by Crippen LogP contribution is 2.27. The number of carbonyl (C=O) groups is 1. The summed E-state index contributed by atoms with van der Waals surface area (Å²) in [5, 5.41) is 2.91. The SMILES string of the molecule is Cc1cc(-c2ccco2)ccc1NC(=O)c1ccc(NS(=O)(=O)C(C)(C)C)c(C)c1. The molecule has 0 aliphatic rings. The van der Waals surface area contributed by atoms with Crippen LogP contribution >= 0.6 is 0 Å².